The van der Waals surface area contributed by atoms with E-state index in [1.165, 1.54) is 0 Å². The lowest BCUT2D eigenvalue weighted by Crippen LogP contribution is -2.43. The second-order valence-corrected chi connectivity index (χ2v) is 7.23. The Kier molecular flexibility index (Phi) is 4.29. The van der Waals surface area contributed by atoms with Crippen molar-refractivity contribution in [1.82, 2.24) is 19.7 Å². The zero-order valence-electron chi connectivity index (χ0n) is 14.4. The predicted octanol–water partition coefficient (Wildman–Crippen LogP) is 2.37. The molecule has 132 valence electrons. The summed E-state index contributed by atoms with van der Waals surface area (Å²) in [5, 5.41) is 19.2. The van der Waals surface area contributed by atoms with E-state index < -0.39 is 5.60 Å². The second kappa shape index (κ2) is 6.59. The van der Waals surface area contributed by atoms with Crippen molar-refractivity contribution in [2.24, 2.45) is 0 Å². The van der Waals surface area contributed by atoms with Gasteiger partial charge in [-0.3, -0.25) is 4.79 Å². The van der Waals surface area contributed by atoms with Gasteiger partial charge in [-0.1, -0.05) is 49.6 Å². The Hall–Kier alpha value is -2.21. The SMILES string of the molecule is O=C(CC1(O)CCCCC1)N1CCn2c(nnc2-c2ccccc2)C1. The molecule has 1 fully saturated rings. The van der Waals surface area contributed by atoms with Crippen LogP contribution in [0.3, 0.4) is 0 Å². The van der Waals surface area contributed by atoms with Gasteiger partial charge in [0.05, 0.1) is 18.6 Å². The number of benzene rings is 1. The molecule has 1 aromatic carbocycles. The average molecular weight is 340 g/mol. The molecule has 1 N–H and O–H groups in total. The normalized spacial score (nSPS) is 19.5. The first-order valence-electron chi connectivity index (χ1n) is 9.12. The van der Waals surface area contributed by atoms with Gasteiger partial charge in [0.1, 0.15) is 0 Å². The lowest BCUT2D eigenvalue weighted by atomic mass is 9.82. The van der Waals surface area contributed by atoms with Gasteiger partial charge >= 0.3 is 0 Å². The van der Waals surface area contributed by atoms with Gasteiger partial charge < -0.3 is 14.6 Å². The van der Waals surface area contributed by atoms with E-state index in [0.717, 1.165) is 49.3 Å². The maximum Gasteiger partial charge on any atom is 0.225 e. The van der Waals surface area contributed by atoms with E-state index in [1.807, 2.05) is 35.2 Å². The van der Waals surface area contributed by atoms with Crippen LogP contribution in [0.5, 0.6) is 0 Å². The van der Waals surface area contributed by atoms with Gasteiger partial charge in [0.25, 0.3) is 0 Å². The molecule has 0 saturated heterocycles. The molecular formula is C19H24N4O2. The highest BCUT2D eigenvalue weighted by atomic mass is 16.3. The minimum Gasteiger partial charge on any atom is -0.389 e. The Morgan fingerprint density at radius 1 is 1.08 bits per heavy atom. The Balaban J connectivity index is 1.46. The molecule has 1 amide bonds. The second-order valence-electron chi connectivity index (χ2n) is 7.23. The summed E-state index contributed by atoms with van der Waals surface area (Å²) >= 11 is 0. The Morgan fingerprint density at radius 3 is 2.60 bits per heavy atom. The van der Waals surface area contributed by atoms with Crippen LogP contribution in [-0.2, 0) is 17.9 Å². The lowest BCUT2D eigenvalue weighted by Gasteiger charge is -2.35. The predicted molar refractivity (Wildman–Crippen MR) is 93.5 cm³/mol. The van der Waals surface area contributed by atoms with Crippen LogP contribution >= 0.6 is 0 Å². The van der Waals surface area contributed by atoms with Crippen LogP contribution < -0.4 is 0 Å². The number of rotatable bonds is 3. The monoisotopic (exact) mass is 340 g/mol. The van der Waals surface area contributed by atoms with Crippen molar-refractivity contribution >= 4 is 5.91 Å². The number of aliphatic hydroxyl groups is 1. The summed E-state index contributed by atoms with van der Waals surface area (Å²) in [4.78, 5) is 14.5. The van der Waals surface area contributed by atoms with E-state index >= 15 is 0 Å². The van der Waals surface area contributed by atoms with Crippen LogP contribution in [0, 0.1) is 0 Å². The van der Waals surface area contributed by atoms with Crippen LogP contribution in [0.4, 0.5) is 0 Å². The molecule has 2 aromatic rings. The largest absolute Gasteiger partial charge is 0.389 e. The quantitative estimate of drug-likeness (QED) is 0.931. The van der Waals surface area contributed by atoms with Crippen molar-refractivity contribution in [3.05, 3.63) is 36.2 Å². The molecule has 6 heteroatoms. The summed E-state index contributed by atoms with van der Waals surface area (Å²) in [5.41, 5.74) is 0.230. The summed E-state index contributed by atoms with van der Waals surface area (Å²) < 4.78 is 2.09. The lowest BCUT2D eigenvalue weighted by molar-refractivity contribution is -0.139. The molecule has 0 spiro atoms. The molecule has 1 saturated carbocycles. The van der Waals surface area contributed by atoms with Crippen molar-refractivity contribution in [2.45, 2.75) is 57.2 Å². The number of carbonyl (C=O) groups excluding carboxylic acids is 1. The van der Waals surface area contributed by atoms with Crippen LogP contribution in [0.25, 0.3) is 11.4 Å². The number of carbonyl (C=O) groups is 1. The third-order valence-electron chi connectivity index (χ3n) is 5.40. The van der Waals surface area contributed by atoms with Gasteiger partial charge in [-0.15, -0.1) is 10.2 Å². The molecule has 0 atom stereocenters. The number of nitrogens with zero attached hydrogens (tertiary/aromatic N) is 4. The first-order chi connectivity index (χ1) is 12.1. The molecule has 25 heavy (non-hydrogen) atoms. The van der Waals surface area contributed by atoms with Gasteiger partial charge in [0.15, 0.2) is 11.6 Å². The molecule has 1 aliphatic carbocycles. The molecule has 2 aliphatic rings. The minimum atomic E-state index is -0.810. The Bertz CT molecular complexity index is 750. The number of hydrogen-bond acceptors (Lipinski definition) is 4. The standard InChI is InChI=1S/C19H24N4O2/c24-17(13-19(25)9-5-2-6-10-19)22-11-12-23-16(14-22)20-21-18(23)15-7-3-1-4-8-15/h1,3-4,7-8,25H,2,5-6,9-14H2. The molecule has 1 aromatic heterocycles. The molecule has 0 radical (unpaired) electrons. The van der Waals surface area contributed by atoms with Crippen LogP contribution in [-0.4, -0.2) is 42.8 Å². The molecular weight excluding hydrogens is 316 g/mol. The fourth-order valence-electron chi connectivity index (χ4n) is 3.95. The van der Waals surface area contributed by atoms with E-state index in [0.29, 0.717) is 19.6 Å². The van der Waals surface area contributed by atoms with E-state index in [2.05, 4.69) is 14.8 Å². The third-order valence-corrected chi connectivity index (χ3v) is 5.40. The van der Waals surface area contributed by atoms with Crippen molar-refractivity contribution in [2.75, 3.05) is 6.54 Å². The first kappa shape index (κ1) is 16.3. The van der Waals surface area contributed by atoms with Gasteiger partial charge in [-0.05, 0) is 12.8 Å². The van der Waals surface area contributed by atoms with E-state index in [-0.39, 0.29) is 12.3 Å². The number of aromatic nitrogens is 3. The van der Waals surface area contributed by atoms with Gasteiger partial charge in [0, 0.05) is 18.7 Å². The zero-order chi connectivity index (χ0) is 17.3. The highest BCUT2D eigenvalue weighted by molar-refractivity contribution is 5.77. The average Bonchev–Trinajstić information content (AvgIpc) is 3.06. The van der Waals surface area contributed by atoms with Crippen molar-refractivity contribution < 1.29 is 9.90 Å². The van der Waals surface area contributed by atoms with E-state index in [4.69, 9.17) is 0 Å². The molecule has 6 nitrogen and oxygen atoms in total. The number of hydrogen-bond donors (Lipinski definition) is 1. The van der Waals surface area contributed by atoms with E-state index in [9.17, 15) is 9.90 Å². The summed E-state index contributed by atoms with van der Waals surface area (Å²) in [6.45, 7) is 1.80. The molecule has 0 bridgehead atoms. The summed E-state index contributed by atoms with van der Waals surface area (Å²) in [7, 11) is 0. The fourth-order valence-corrected chi connectivity index (χ4v) is 3.95. The van der Waals surface area contributed by atoms with Crippen LogP contribution in [0.1, 0.15) is 44.3 Å². The maximum absolute atomic E-state index is 12.7. The van der Waals surface area contributed by atoms with Gasteiger partial charge in [-0.2, -0.15) is 0 Å². The van der Waals surface area contributed by atoms with Crippen molar-refractivity contribution in [3.63, 3.8) is 0 Å². The van der Waals surface area contributed by atoms with Crippen LogP contribution in [0.2, 0.25) is 0 Å². The van der Waals surface area contributed by atoms with Gasteiger partial charge in [0.2, 0.25) is 5.91 Å². The number of amides is 1. The number of fused-ring (bicyclic) bond motifs is 1. The molecule has 2 heterocycles. The summed E-state index contributed by atoms with van der Waals surface area (Å²) in [5.74, 6) is 1.70. The maximum atomic E-state index is 12.7. The Labute approximate surface area is 147 Å². The highest BCUT2D eigenvalue weighted by Crippen LogP contribution is 2.32. The topological polar surface area (TPSA) is 71.2 Å². The molecule has 0 unspecified atom stereocenters. The fraction of sp³-hybridized carbons (Fsp3) is 0.526. The van der Waals surface area contributed by atoms with E-state index in [1.54, 1.807) is 0 Å². The summed E-state index contributed by atoms with van der Waals surface area (Å²) in [6, 6.07) is 10.00. The van der Waals surface area contributed by atoms with Crippen LogP contribution in [0.15, 0.2) is 30.3 Å². The highest BCUT2D eigenvalue weighted by Gasteiger charge is 2.34. The van der Waals surface area contributed by atoms with Crippen molar-refractivity contribution in [3.8, 4) is 11.4 Å². The minimum absolute atomic E-state index is 0.0277. The van der Waals surface area contributed by atoms with Gasteiger partial charge in [-0.25, -0.2) is 0 Å². The van der Waals surface area contributed by atoms with Crippen molar-refractivity contribution in [1.29, 1.82) is 0 Å². The summed E-state index contributed by atoms with van der Waals surface area (Å²) in [6.07, 6.45) is 4.89. The molecule has 4 rings (SSSR count). The smallest absolute Gasteiger partial charge is 0.225 e. The third kappa shape index (κ3) is 3.31. The first-order valence-corrected chi connectivity index (χ1v) is 9.12. The Morgan fingerprint density at radius 2 is 1.84 bits per heavy atom. The zero-order valence-corrected chi connectivity index (χ0v) is 14.4. The molecule has 1 aliphatic heterocycles.